The van der Waals surface area contributed by atoms with Crippen LogP contribution in [0.5, 0.6) is 0 Å². The second-order valence-electron chi connectivity index (χ2n) is 6.84. The highest BCUT2D eigenvalue weighted by Crippen LogP contribution is 2.23. The van der Waals surface area contributed by atoms with Crippen molar-refractivity contribution in [1.82, 2.24) is 0 Å². The predicted octanol–water partition coefficient (Wildman–Crippen LogP) is 6.64. The lowest BCUT2D eigenvalue weighted by Crippen LogP contribution is -2.10. The molecule has 0 saturated heterocycles. The fourth-order valence-electron chi connectivity index (χ4n) is 2.79. The second kappa shape index (κ2) is 12.0. The van der Waals surface area contributed by atoms with E-state index >= 15 is 0 Å². The Balaban J connectivity index is 0.000000404. The average Bonchev–Trinajstić information content (AvgIpc) is 2.57. The molecule has 2 unspecified atom stereocenters. The predicted molar refractivity (Wildman–Crippen MR) is 115 cm³/mol. The van der Waals surface area contributed by atoms with Gasteiger partial charge in [0.1, 0.15) is 28.8 Å². The lowest BCUT2D eigenvalue weighted by atomic mass is 10.1. The monoisotopic (exact) mass is 494 g/mol. The zero-order chi connectivity index (χ0) is 23.8. The van der Waals surface area contributed by atoms with E-state index in [4.69, 9.17) is 0 Å². The lowest BCUT2D eigenvalue weighted by Gasteiger charge is -2.08. The molecule has 0 amide bonds. The van der Waals surface area contributed by atoms with Gasteiger partial charge in [0.2, 0.25) is 0 Å². The van der Waals surface area contributed by atoms with Gasteiger partial charge in [0.25, 0.3) is 0 Å². The first-order valence-electron chi connectivity index (χ1n) is 8.89. The maximum absolute atomic E-state index is 14.7. The van der Waals surface area contributed by atoms with E-state index in [1.165, 1.54) is 11.1 Å². The van der Waals surface area contributed by atoms with Crippen molar-refractivity contribution in [2.24, 2.45) is 0 Å². The van der Waals surface area contributed by atoms with Gasteiger partial charge in [0.15, 0.2) is 0 Å². The highest BCUT2D eigenvalue weighted by molar-refractivity contribution is 7.95. The molecule has 0 spiro atoms. The van der Waals surface area contributed by atoms with Crippen molar-refractivity contribution in [2.75, 3.05) is 12.5 Å². The molecule has 4 rings (SSSR count). The molecule has 174 valence electrons. The quantitative estimate of drug-likeness (QED) is 0.219. The van der Waals surface area contributed by atoms with Crippen LogP contribution < -0.4 is 0 Å². The lowest BCUT2D eigenvalue weighted by molar-refractivity contribution is 0.366. The van der Waals surface area contributed by atoms with Gasteiger partial charge >= 0.3 is 14.5 Å². The summed E-state index contributed by atoms with van der Waals surface area (Å²) in [5.74, 6) is 3.82. The molecule has 2 aliphatic heterocycles. The van der Waals surface area contributed by atoms with E-state index in [2.05, 4.69) is 36.8 Å². The molecule has 2 aromatic rings. The van der Waals surface area contributed by atoms with E-state index in [0.29, 0.717) is 0 Å². The van der Waals surface area contributed by atoms with Crippen LogP contribution in [0, 0.1) is 5.82 Å². The first-order valence-corrected chi connectivity index (χ1v) is 12.8. The summed E-state index contributed by atoms with van der Waals surface area (Å²) in [7, 11) is -11.7. The maximum Gasteiger partial charge on any atom is 0.673 e. The molecular formula is C18H21B2F9S2. The topological polar surface area (TPSA) is 0 Å². The summed E-state index contributed by atoms with van der Waals surface area (Å²) in [5, 5.41) is 0. The third-order valence-electron chi connectivity index (χ3n) is 3.81. The van der Waals surface area contributed by atoms with Crippen LogP contribution in [0.2, 0.25) is 0 Å². The molecule has 2 atom stereocenters. The van der Waals surface area contributed by atoms with Gasteiger partial charge in [0.05, 0.1) is 12.5 Å². The smallest absolute Gasteiger partial charge is 0.418 e. The Morgan fingerprint density at radius 3 is 1.16 bits per heavy atom. The molecular weight excluding hydrogens is 473 g/mol. The van der Waals surface area contributed by atoms with Gasteiger partial charge in [-0.15, -0.1) is 0 Å². The van der Waals surface area contributed by atoms with E-state index in [0.717, 1.165) is 34.1 Å². The van der Waals surface area contributed by atoms with Gasteiger partial charge in [-0.2, -0.15) is 0 Å². The van der Waals surface area contributed by atoms with E-state index in [9.17, 15) is 38.9 Å². The minimum Gasteiger partial charge on any atom is -0.418 e. The maximum atomic E-state index is 14.7. The number of rotatable bonds is 0. The second-order valence-corrected chi connectivity index (χ2v) is 11.1. The summed E-state index contributed by atoms with van der Waals surface area (Å²) in [6, 6.07) is 14.9. The van der Waals surface area contributed by atoms with Crippen molar-refractivity contribution >= 4 is 36.3 Å². The summed E-state index contributed by atoms with van der Waals surface area (Å²) >= 11 is 0. The molecule has 4 bridgehead atoms. The molecule has 0 aliphatic carbocycles. The molecule has 2 heterocycles. The molecule has 0 fully saturated rings. The largest absolute Gasteiger partial charge is 0.673 e. The molecule has 0 aromatic heterocycles. The summed E-state index contributed by atoms with van der Waals surface area (Å²) in [6.45, 7) is 0. The molecule has 0 radical (unpaired) electrons. The Morgan fingerprint density at radius 2 is 0.871 bits per heavy atom. The van der Waals surface area contributed by atoms with E-state index in [1.807, 2.05) is 18.2 Å². The minimum absolute atomic E-state index is 0.0405. The number of hydrogen-bond donors (Lipinski definition) is 0. The third kappa shape index (κ3) is 13.6. The van der Waals surface area contributed by atoms with Crippen molar-refractivity contribution in [3.63, 3.8) is 0 Å². The van der Waals surface area contributed by atoms with Crippen LogP contribution in [-0.2, 0) is 44.8 Å². The Morgan fingerprint density at radius 1 is 0.581 bits per heavy atom. The highest BCUT2D eigenvalue weighted by atomic mass is 32.2. The first kappa shape index (κ1) is 27.7. The average molecular weight is 494 g/mol. The van der Waals surface area contributed by atoms with Crippen molar-refractivity contribution in [1.29, 1.82) is 0 Å². The fourth-order valence-corrected chi connectivity index (χ4v) is 6.02. The molecule has 0 saturated carbocycles. The molecule has 31 heavy (non-hydrogen) atoms. The van der Waals surface area contributed by atoms with Crippen LogP contribution in [0.25, 0.3) is 0 Å². The molecule has 0 nitrogen and oxygen atoms in total. The van der Waals surface area contributed by atoms with Crippen LogP contribution >= 0.6 is 0 Å². The van der Waals surface area contributed by atoms with Crippen LogP contribution in [0.1, 0.15) is 22.3 Å². The van der Waals surface area contributed by atoms with Gasteiger partial charge in [-0.1, -0.05) is 42.5 Å². The van der Waals surface area contributed by atoms with Gasteiger partial charge in [-0.3, -0.25) is 0 Å². The summed E-state index contributed by atoms with van der Waals surface area (Å²) in [4.78, 5) is 0. The fraction of sp³-hybridized carbons (Fsp3) is 0.333. The zero-order valence-electron chi connectivity index (χ0n) is 16.7. The SMILES string of the molecule is C[S+]1Cc2ccc(cc2)C[S+](C)Cc2cccc(c2F)C1.F[B-](F)(F)F.F[B-](F)(F)F. The summed E-state index contributed by atoms with van der Waals surface area (Å²) in [6.07, 6.45) is 4.48. The van der Waals surface area contributed by atoms with Crippen molar-refractivity contribution in [3.8, 4) is 0 Å². The summed E-state index contributed by atoms with van der Waals surface area (Å²) < 4.78 is 92.7. The van der Waals surface area contributed by atoms with E-state index < -0.39 is 14.5 Å². The molecule has 2 aromatic carbocycles. The Kier molecular flexibility index (Phi) is 10.7. The normalized spacial score (nSPS) is 18.9. The van der Waals surface area contributed by atoms with Crippen LogP contribution in [0.4, 0.5) is 38.9 Å². The number of fused-ring (bicyclic) bond motifs is 6. The summed E-state index contributed by atoms with van der Waals surface area (Å²) in [5.41, 5.74) is 4.53. The van der Waals surface area contributed by atoms with Crippen LogP contribution in [-0.4, -0.2) is 27.0 Å². The first-order chi connectivity index (χ1) is 14.1. The molecule has 0 N–H and O–H groups in total. The van der Waals surface area contributed by atoms with Gasteiger partial charge < -0.3 is 34.5 Å². The third-order valence-corrected chi connectivity index (χ3v) is 7.07. The number of benzene rings is 2. The van der Waals surface area contributed by atoms with Crippen LogP contribution in [0.3, 0.4) is 0 Å². The van der Waals surface area contributed by atoms with E-state index in [-0.39, 0.29) is 27.6 Å². The van der Waals surface area contributed by atoms with Gasteiger partial charge in [-0.25, -0.2) is 4.39 Å². The molecule has 13 heteroatoms. The Labute approximate surface area is 181 Å². The standard InChI is InChI=1S/C18H21FS2.2BF4/c1-20-10-14-6-8-15(9-7-14)11-21(2)13-17-5-3-4-16(12-20)18(17)19;2*2-1(3,4)5/h3-9H,10-13H2,1-2H3;;/q+2;2*-1. The van der Waals surface area contributed by atoms with Crippen LogP contribution in [0.15, 0.2) is 42.5 Å². The van der Waals surface area contributed by atoms with Crippen molar-refractivity contribution in [3.05, 3.63) is 70.5 Å². The number of halogens is 9. The van der Waals surface area contributed by atoms with Gasteiger partial charge in [0, 0.05) is 22.3 Å². The Bertz CT molecular complexity index is 736. The molecule has 2 aliphatic rings. The van der Waals surface area contributed by atoms with Crippen molar-refractivity contribution < 1.29 is 38.9 Å². The Hall–Kier alpha value is -1.36. The van der Waals surface area contributed by atoms with Gasteiger partial charge in [-0.05, 0) is 21.8 Å². The van der Waals surface area contributed by atoms with E-state index in [1.54, 1.807) is 0 Å². The zero-order valence-corrected chi connectivity index (χ0v) is 18.4. The highest BCUT2D eigenvalue weighted by Gasteiger charge is 2.23. The van der Waals surface area contributed by atoms with Crippen molar-refractivity contribution in [2.45, 2.75) is 23.0 Å². The number of hydrogen-bond acceptors (Lipinski definition) is 0. The minimum atomic E-state index is -6.00.